The van der Waals surface area contributed by atoms with Crippen molar-refractivity contribution in [3.05, 3.63) is 94.5 Å². The van der Waals surface area contributed by atoms with Crippen LogP contribution in [0.15, 0.2) is 82.5 Å². The fourth-order valence-corrected chi connectivity index (χ4v) is 4.53. The summed E-state index contributed by atoms with van der Waals surface area (Å²) in [5, 5.41) is 0.450. The number of para-hydroxylation sites is 1. The Morgan fingerprint density at radius 2 is 1.73 bits per heavy atom. The van der Waals surface area contributed by atoms with Crippen molar-refractivity contribution in [3.63, 3.8) is 0 Å². The number of rotatable bonds is 8. The van der Waals surface area contributed by atoms with E-state index in [-0.39, 0.29) is 28.9 Å². The highest BCUT2D eigenvalue weighted by atomic mass is 32.2. The van der Waals surface area contributed by atoms with Crippen molar-refractivity contribution in [3.8, 4) is 5.75 Å². The number of benzene rings is 3. The van der Waals surface area contributed by atoms with E-state index >= 15 is 0 Å². The van der Waals surface area contributed by atoms with Gasteiger partial charge in [-0.2, -0.15) is 0 Å². The van der Waals surface area contributed by atoms with Crippen molar-refractivity contribution in [2.45, 2.75) is 17.7 Å². The fraction of sp³-hybridized carbons (Fsp3) is 0.120. The van der Waals surface area contributed by atoms with Crippen LogP contribution in [0.3, 0.4) is 0 Å². The van der Waals surface area contributed by atoms with Crippen LogP contribution in [0.25, 0.3) is 10.9 Å². The maximum atomic E-state index is 12.7. The number of aromatic nitrogens is 2. The highest BCUT2D eigenvalue weighted by molar-refractivity contribution is 7.92. The number of ether oxygens (including phenoxy) is 1. The molecule has 4 aromatic rings. The molecule has 0 aliphatic rings. The van der Waals surface area contributed by atoms with Gasteiger partial charge in [0.05, 0.1) is 22.9 Å². The Morgan fingerprint density at radius 3 is 2.49 bits per heavy atom. The third kappa shape index (κ3) is 6.30. The van der Waals surface area contributed by atoms with Crippen molar-refractivity contribution < 1.29 is 22.7 Å². The molecule has 1 heterocycles. The number of sulfonamides is 1. The molecule has 190 valence electrons. The molecule has 0 aliphatic carbocycles. The van der Waals surface area contributed by atoms with Crippen LogP contribution in [-0.4, -0.2) is 37.3 Å². The van der Waals surface area contributed by atoms with Crippen LogP contribution < -0.4 is 25.9 Å². The van der Waals surface area contributed by atoms with Crippen molar-refractivity contribution in [2.75, 3.05) is 11.8 Å². The third-order valence-corrected chi connectivity index (χ3v) is 6.69. The molecule has 1 aromatic heterocycles. The first-order valence-electron chi connectivity index (χ1n) is 11.1. The van der Waals surface area contributed by atoms with Crippen molar-refractivity contribution in [2.24, 2.45) is 0 Å². The Kier molecular flexibility index (Phi) is 7.49. The summed E-state index contributed by atoms with van der Waals surface area (Å²) < 4.78 is 33.0. The number of hydrogen-bond acceptors (Lipinski definition) is 7. The molecule has 11 nitrogen and oxygen atoms in total. The highest BCUT2D eigenvalue weighted by Crippen LogP contribution is 2.20. The number of carbonyl (C=O) groups excluding carboxylic acids is 2. The summed E-state index contributed by atoms with van der Waals surface area (Å²) in [6, 6.07) is 18.5. The van der Waals surface area contributed by atoms with Gasteiger partial charge < -0.3 is 9.72 Å². The molecule has 3 aromatic carbocycles. The van der Waals surface area contributed by atoms with E-state index in [1.807, 2.05) is 0 Å². The lowest BCUT2D eigenvalue weighted by Gasteiger charge is -2.11. The zero-order chi connectivity index (χ0) is 26.4. The van der Waals surface area contributed by atoms with E-state index in [2.05, 4.69) is 25.5 Å². The molecule has 2 amide bonds. The van der Waals surface area contributed by atoms with Crippen molar-refractivity contribution >= 4 is 38.4 Å². The van der Waals surface area contributed by atoms with Gasteiger partial charge in [0.15, 0.2) is 0 Å². The zero-order valence-corrected chi connectivity index (χ0v) is 20.5. The summed E-state index contributed by atoms with van der Waals surface area (Å²) in [6.45, 7) is 0. The van der Waals surface area contributed by atoms with Gasteiger partial charge in [-0.3, -0.25) is 30.0 Å². The van der Waals surface area contributed by atoms with Gasteiger partial charge in [-0.25, -0.2) is 13.4 Å². The summed E-state index contributed by atoms with van der Waals surface area (Å²) in [5.41, 5.74) is 5.10. The number of H-pyrrole nitrogens is 1. The number of hydrazine groups is 1. The molecule has 4 rings (SSSR count). The maximum absolute atomic E-state index is 12.7. The van der Waals surface area contributed by atoms with Crippen LogP contribution in [0.5, 0.6) is 5.75 Å². The van der Waals surface area contributed by atoms with Gasteiger partial charge in [-0.15, -0.1) is 0 Å². The van der Waals surface area contributed by atoms with Crippen molar-refractivity contribution in [1.29, 1.82) is 0 Å². The maximum Gasteiger partial charge on any atom is 0.269 e. The number of carbonyl (C=O) groups is 2. The van der Waals surface area contributed by atoms with Crippen LogP contribution in [0.4, 0.5) is 5.69 Å². The largest absolute Gasteiger partial charge is 0.497 e. The van der Waals surface area contributed by atoms with Gasteiger partial charge in [0.2, 0.25) is 5.91 Å². The van der Waals surface area contributed by atoms with E-state index in [1.54, 1.807) is 48.5 Å². The number of amides is 2. The average Bonchev–Trinajstić information content (AvgIpc) is 2.91. The summed E-state index contributed by atoms with van der Waals surface area (Å²) in [7, 11) is -2.47. The number of nitrogens with one attached hydrogen (secondary N) is 4. The molecule has 37 heavy (non-hydrogen) atoms. The quantitative estimate of drug-likeness (QED) is 0.258. The Balaban J connectivity index is 1.34. The van der Waals surface area contributed by atoms with Crippen molar-refractivity contribution in [1.82, 2.24) is 20.8 Å². The second-order valence-electron chi connectivity index (χ2n) is 7.89. The second-order valence-corrected chi connectivity index (χ2v) is 9.58. The Labute approximate surface area is 211 Å². The van der Waals surface area contributed by atoms with Gasteiger partial charge in [-0.1, -0.05) is 18.2 Å². The lowest BCUT2D eigenvalue weighted by Crippen LogP contribution is -2.41. The molecule has 0 aliphatic heterocycles. The molecule has 0 saturated heterocycles. The summed E-state index contributed by atoms with van der Waals surface area (Å²) in [4.78, 5) is 43.7. The van der Waals surface area contributed by atoms with E-state index in [9.17, 15) is 22.8 Å². The molecule has 0 radical (unpaired) electrons. The first kappa shape index (κ1) is 25.4. The van der Waals surface area contributed by atoms with Gasteiger partial charge in [0, 0.05) is 24.1 Å². The number of methoxy groups -OCH3 is 1. The average molecular weight is 522 g/mol. The predicted octanol–water partition coefficient (Wildman–Crippen LogP) is 2.13. The monoisotopic (exact) mass is 521 g/mol. The molecule has 0 spiro atoms. The predicted molar refractivity (Wildman–Crippen MR) is 137 cm³/mol. The molecule has 0 bridgehead atoms. The summed E-state index contributed by atoms with van der Waals surface area (Å²) >= 11 is 0. The number of aryl methyl sites for hydroxylation is 1. The number of nitrogens with zero attached hydrogens (tertiary/aromatic N) is 1. The second kappa shape index (κ2) is 10.9. The van der Waals surface area contributed by atoms with Crippen LogP contribution in [0, 0.1) is 0 Å². The van der Waals surface area contributed by atoms with E-state index in [0.29, 0.717) is 28.2 Å². The summed E-state index contributed by atoms with van der Waals surface area (Å²) in [5.74, 6) is -0.306. The number of hydrogen-bond donors (Lipinski definition) is 4. The first-order chi connectivity index (χ1) is 17.7. The molecule has 0 saturated carbocycles. The van der Waals surface area contributed by atoms with Crippen LogP contribution in [-0.2, 0) is 21.2 Å². The number of aromatic amines is 1. The minimum Gasteiger partial charge on any atom is -0.497 e. The minimum absolute atomic E-state index is 0.0263. The Bertz CT molecular complexity index is 1620. The first-order valence-corrected chi connectivity index (χ1v) is 12.6. The van der Waals surface area contributed by atoms with Crippen LogP contribution in [0.1, 0.15) is 22.6 Å². The Morgan fingerprint density at radius 1 is 0.973 bits per heavy atom. The fourth-order valence-electron chi connectivity index (χ4n) is 3.42. The van der Waals surface area contributed by atoms with Gasteiger partial charge in [-0.05, 0) is 54.6 Å². The van der Waals surface area contributed by atoms with Crippen LogP contribution in [0.2, 0.25) is 0 Å². The van der Waals surface area contributed by atoms with E-state index in [4.69, 9.17) is 4.74 Å². The van der Waals surface area contributed by atoms with E-state index < -0.39 is 21.8 Å². The smallest absolute Gasteiger partial charge is 0.269 e. The molecule has 0 fully saturated rings. The molecule has 4 N–H and O–H groups in total. The van der Waals surface area contributed by atoms with E-state index in [1.165, 1.54) is 31.4 Å². The van der Waals surface area contributed by atoms with Gasteiger partial charge >= 0.3 is 0 Å². The molecule has 0 atom stereocenters. The number of fused-ring (bicyclic) bond motifs is 1. The molecular formula is C25H23N5O6S. The Hall–Kier alpha value is -4.71. The lowest BCUT2D eigenvalue weighted by atomic mass is 10.2. The molecule has 12 heteroatoms. The van der Waals surface area contributed by atoms with Gasteiger partial charge in [0.25, 0.3) is 21.5 Å². The summed E-state index contributed by atoms with van der Waals surface area (Å²) in [6.07, 6.45) is 0.0916. The standard InChI is InChI=1S/C25H23N5O6S/c1-36-18-11-9-17(10-12-18)30-37(34,35)19-6-4-5-16(15-19)24(32)29-28-23(31)14-13-22-26-21-8-3-2-7-20(21)25(33)27-22/h2-12,15,30H,13-14H2,1H3,(H,28,31)(H,29,32)(H,26,27,33). The van der Waals surface area contributed by atoms with E-state index in [0.717, 1.165) is 0 Å². The van der Waals surface area contributed by atoms with Crippen LogP contribution >= 0.6 is 0 Å². The lowest BCUT2D eigenvalue weighted by molar-refractivity contribution is -0.121. The normalized spacial score (nSPS) is 11.1. The number of anilines is 1. The van der Waals surface area contributed by atoms with Gasteiger partial charge in [0.1, 0.15) is 11.6 Å². The molecular weight excluding hydrogens is 498 g/mol. The third-order valence-electron chi connectivity index (χ3n) is 5.31. The zero-order valence-electron chi connectivity index (χ0n) is 19.6. The minimum atomic E-state index is -3.97. The highest BCUT2D eigenvalue weighted by Gasteiger charge is 2.17. The SMILES string of the molecule is COc1ccc(NS(=O)(=O)c2cccc(C(=O)NNC(=O)CCc3nc4ccccc4c(=O)[nH]3)c2)cc1. The topological polar surface area (TPSA) is 159 Å². The molecule has 0 unspecified atom stereocenters.